The second-order valence-corrected chi connectivity index (χ2v) is 6.55. The molecule has 3 aliphatic rings. The van der Waals surface area contributed by atoms with Gasteiger partial charge in [-0.2, -0.15) is 0 Å². The molecule has 0 N–H and O–H groups in total. The summed E-state index contributed by atoms with van der Waals surface area (Å²) in [5, 5.41) is 0. The highest BCUT2D eigenvalue weighted by Gasteiger charge is 2.37. The smallest absolute Gasteiger partial charge is 0.0916 e. The summed E-state index contributed by atoms with van der Waals surface area (Å²) in [5.74, 6) is 0. The van der Waals surface area contributed by atoms with Gasteiger partial charge in [0.25, 0.3) is 0 Å². The molecule has 19 heavy (non-hydrogen) atoms. The van der Waals surface area contributed by atoms with Crippen molar-refractivity contribution < 1.29 is 21.5 Å². The molecule has 3 heteroatoms. The molecular formula is C16H33BrN2. The third kappa shape index (κ3) is 5.73. The second kappa shape index (κ2) is 9.36. The Morgan fingerprint density at radius 2 is 1.21 bits per heavy atom. The zero-order valence-electron chi connectivity index (χ0n) is 12.9. The van der Waals surface area contributed by atoms with Crippen molar-refractivity contribution in [3.8, 4) is 0 Å². The predicted octanol–water partition coefficient (Wildman–Crippen LogP) is 0.277. The Labute approximate surface area is 130 Å². The first kappa shape index (κ1) is 17.5. The van der Waals surface area contributed by atoms with Crippen molar-refractivity contribution in [1.29, 1.82) is 0 Å². The highest BCUT2D eigenvalue weighted by Crippen LogP contribution is 2.21. The van der Waals surface area contributed by atoms with Crippen LogP contribution in [0.1, 0.15) is 58.3 Å². The Balaban J connectivity index is 0.00000180. The van der Waals surface area contributed by atoms with Gasteiger partial charge in [0.2, 0.25) is 0 Å². The quantitative estimate of drug-likeness (QED) is 0.433. The number of rotatable bonds is 9. The molecule has 2 bridgehead atoms. The Morgan fingerprint density at radius 1 is 0.737 bits per heavy atom. The van der Waals surface area contributed by atoms with E-state index in [1.54, 1.807) is 0 Å². The van der Waals surface area contributed by atoms with Gasteiger partial charge in [-0.25, -0.2) is 0 Å². The average molecular weight is 333 g/mol. The van der Waals surface area contributed by atoms with E-state index < -0.39 is 0 Å². The van der Waals surface area contributed by atoms with Crippen LogP contribution in [0.15, 0.2) is 0 Å². The molecule has 114 valence electrons. The number of nitrogens with zero attached hydrogens (tertiary/aromatic N) is 2. The molecule has 3 saturated heterocycles. The SMILES string of the molecule is CCCCCCCCCC[N+]12CCN(CC1)CC2.[Br-]. The first-order valence-corrected chi connectivity index (χ1v) is 8.42. The minimum atomic E-state index is 0. The Morgan fingerprint density at radius 3 is 1.74 bits per heavy atom. The van der Waals surface area contributed by atoms with Gasteiger partial charge in [-0.05, 0) is 12.8 Å². The topological polar surface area (TPSA) is 3.24 Å². The van der Waals surface area contributed by atoms with Crippen molar-refractivity contribution in [1.82, 2.24) is 4.90 Å². The number of halogens is 1. The number of unbranched alkanes of at least 4 members (excludes halogenated alkanes) is 7. The molecule has 0 atom stereocenters. The summed E-state index contributed by atoms with van der Waals surface area (Å²) in [6.07, 6.45) is 11.7. The van der Waals surface area contributed by atoms with Gasteiger partial charge in [0, 0.05) is 19.6 Å². The average Bonchev–Trinajstić information content (AvgIpc) is 2.44. The lowest BCUT2D eigenvalue weighted by Crippen LogP contribution is -3.00. The van der Waals surface area contributed by atoms with Gasteiger partial charge in [-0.1, -0.05) is 45.4 Å². The Bertz CT molecular complexity index is 211. The first-order chi connectivity index (χ1) is 8.85. The molecule has 0 amide bonds. The molecule has 3 heterocycles. The molecule has 0 aromatic rings. The maximum Gasteiger partial charge on any atom is 0.0916 e. The van der Waals surface area contributed by atoms with Crippen molar-refractivity contribution in [2.45, 2.75) is 58.3 Å². The lowest BCUT2D eigenvalue weighted by Gasteiger charge is -2.50. The lowest BCUT2D eigenvalue weighted by atomic mass is 10.1. The van der Waals surface area contributed by atoms with E-state index >= 15 is 0 Å². The highest BCUT2D eigenvalue weighted by atomic mass is 79.9. The zero-order chi connectivity index (χ0) is 12.7. The van der Waals surface area contributed by atoms with E-state index in [1.165, 1.54) is 102 Å². The Hall–Kier alpha value is 0.400. The summed E-state index contributed by atoms with van der Waals surface area (Å²) >= 11 is 0. The first-order valence-electron chi connectivity index (χ1n) is 8.42. The van der Waals surface area contributed by atoms with Gasteiger partial charge in [0.05, 0.1) is 26.2 Å². The van der Waals surface area contributed by atoms with Crippen molar-refractivity contribution in [3.05, 3.63) is 0 Å². The molecule has 0 aliphatic carbocycles. The number of piperazine rings is 3. The van der Waals surface area contributed by atoms with Gasteiger partial charge in [-0.15, -0.1) is 0 Å². The van der Waals surface area contributed by atoms with Gasteiger partial charge in [0.1, 0.15) is 0 Å². The summed E-state index contributed by atoms with van der Waals surface area (Å²) in [5.41, 5.74) is 0. The summed E-state index contributed by atoms with van der Waals surface area (Å²) in [7, 11) is 0. The van der Waals surface area contributed by atoms with Crippen LogP contribution in [-0.2, 0) is 0 Å². The van der Waals surface area contributed by atoms with Crippen LogP contribution in [0.25, 0.3) is 0 Å². The van der Waals surface area contributed by atoms with Crippen LogP contribution < -0.4 is 17.0 Å². The van der Waals surface area contributed by atoms with Crippen LogP contribution in [0.2, 0.25) is 0 Å². The maximum atomic E-state index is 2.65. The number of hydrogen-bond donors (Lipinski definition) is 0. The summed E-state index contributed by atoms with van der Waals surface area (Å²) in [6.45, 7) is 12.2. The molecule has 3 aliphatic heterocycles. The fourth-order valence-corrected chi connectivity index (χ4v) is 3.65. The van der Waals surface area contributed by atoms with E-state index in [9.17, 15) is 0 Å². The van der Waals surface area contributed by atoms with Crippen LogP contribution in [0.4, 0.5) is 0 Å². The van der Waals surface area contributed by atoms with E-state index in [1.807, 2.05) is 0 Å². The van der Waals surface area contributed by atoms with Gasteiger partial charge >= 0.3 is 0 Å². The molecule has 2 nitrogen and oxygen atoms in total. The Kier molecular flexibility index (Phi) is 8.59. The molecule has 3 rings (SSSR count). The molecule has 0 spiro atoms. The number of hydrogen-bond acceptors (Lipinski definition) is 1. The van der Waals surface area contributed by atoms with E-state index in [0.717, 1.165) is 0 Å². The van der Waals surface area contributed by atoms with Crippen LogP contribution >= 0.6 is 0 Å². The van der Waals surface area contributed by atoms with E-state index in [4.69, 9.17) is 0 Å². The van der Waals surface area contributed by atoms with E-state index in [2.05, 4.69) is 11.8 Å². The van der Waals surface area contributed by atoms with Gasteiger partial charge < -0.3 is 21.5 Å². The van der Waals surface area contributed by atoms with Crippen molar-refractivity contribution >= 4 is 0 Å². The fourth-order valence-electron chi connectivity index (χ4n) is 3.65. The lowest BCUT2D eigenvalue weighted by molar-refractivity contribution is -0.941. The van der Waals surface area contributed by atoms with Crippen LogP contribution in [0.3, 0.4) is 0 Å². The molecule has 0 saturated carbocycles. The summed E-state index contributed by atoms with van der Waals surface area (Å²) < 4.78 is 1.46. The zero-order valence-corrected chi connectivity index (χ0v) is 14.5. The van der Waals surface area contributed by atoms with Crippen LogP contribution in [0, 0.1) is 0 Å². The molecule has 3 fully saturated rings. The van der Waals surface area contributed by atoms with Crippen LogP contribution in [0.5, 0.6) is 0 Å². The minimum Gasteiger partial charge on any atom is -1.00 e. The summed E-state index contributed by atoms with van der Waals surface area (Å²) in [6, 6.07) is 0. The van der Waals surface area contributed by atoms with E-state index in [0.29, 0.717) is 0 Å². The van der Waals surface area contributed by atoms with Crippen molar-refractivity contribution in [3.63, 3.8) is 0 Å². The van der Waals surface area contributed by atoms with E-state index in [-0.39, 0.29) is 17.0 Å². The molecule has 0 aromatic heterocycles. The van der Waals surface area contributed by atoms with Gasteiger partial charge in [0.15, 0.2) is 0 Å². The third-order valence-electron chi connectivity index (χ3n) is 5.16. The van der Waals surface area contributed by atoms with Crippen LogP contribution in [-0.4, -0.2) is 55.2 Å². The third-order valence-corrected chi connectivity index (χ3v) is 5.16. The number of fused-ring (bicyclic) bond motifs is 3. The largest absolute Gasteiger partial charge is 1.00 e. The van der Waals surface area contributed by atoms with Gasteiger partial charge in [-0.3, -0.25) is 4.90 Å². The molecule has 0 aromatic carbocycles. The highest BCUT2D eigenvalue weighted by molar-refractivity contribution is 4.70. The normalized spacial score (nSPS) is 29.2. The second-order valence-electron chi connectivity index (χ2n) is 6.55. The molecular weight excluding hydrogens is 300 g/mol. The standard InChI is InChI=1S/C16H33N2.BrH/c1-2-3-4-5-6-7-8-9-13-18-14-10-17(11-15-18)12-16-18;/h2-16H2,1H3;1H/q+1;/p-1. The minimum absolute atomic E-state index is 0. The molecule has 0 radical (unpaired) electrons. The molecule has 0 unspecified atom stereocenters. The van der Waals surface area contributed by atoms with Crippen molar-refractivity contribution in [2.75, 3.05) is 45.8 Å². The summed E-state index contributed by atoms with van der Waals surface area (Å²) in [4.78, 5) is 2.65. The maximum absolute atomic E-state index is 2.65. The fraction of sp³-hybridized carbons (Fsp3) is 1.00. The van der Waals surface area contributed by atoms with Crippen molar-refractivity contribution in [2.24, 2.45) is 0 Å². The monoisotopic (exact) mass is 332 g/mol. The number of quaternary nitrogens is 1. The predicted molar refractivity (Wildman–Crippen MR) is 78.8 cm³/mol.